The number of halogens is 3. The summed E-state index contributed by atoms with van der Waals surface area (Å²) in [6.07, 6.45) is -5.81. The molecule has 0 bridgehead atoms. The van der Waals surface area contributed by atoms with E-state index in [0.29, 0.717) is 23.3 Å². The normalized spacial score (nSPS) is 17.5. The van der Waals surface area contributed by atoms with Crippen molar-refractivity contribution in [3.63, 3.8) is 0 Å². The van der Waals surface area contributed by atoms with Crippen molar-refractivity contribution in [3.8, 4) is 5.75 Å². The Bertz CT molecular complexity index is 1600. The Morgan fingerprint density at radius 2 is 1.68 bits per heavy atom. The van der Waals surface area contributed by atoms with E-state index in [1.54, 1.807) is 60.7 Å². The lowest BCUT2D eigenvalue weighted by Gasteiger charge is -2.31. The van der Waals surface area contributed by atoms with Gasteiger partial charge in [0.15, 0.2) is 11.6 Å². The predicted octanol–water partition coefficient (Wildman–Crippen LogP) is 6.01. The van der Waals surface area contributed by atoms with Crippen molar-refractivity contribution in [2.24, 2.45) is 15.2 Å². The van der Waals surface area contributed by atoms with E-state index in [0.717, 1.165) is 0 Å². The fraction of sp³-hybridized carbons (Fsp3) is 0.286. The molecule has 3 aromatic rings. The molecule has 44 heavy (non-hydrogen) atoms. The molecule has 13 nitrogen and oxygen atoms in total. The molecule has 3 N–H and O–H groups in total. The quantitative estimate of drug-likeness (QED) is 0.0701. The van der Waals surface area contributed by atoms with Crippen molar-refractivity contribution in [2.45, 2.75) is 30.7 Å². The highest BCUT2D eigenvalue weighted by molar-refractivity contribution is 6.01. The zero-order valence-electron chi connectivity index (χ0n) is 23.0. The fourth-order valence-electron chi connectivity index (χ4n) is 4.54. The summed E-state index contributed by atoms with van der Waals surface area (Å²) in [5, 5.41) is 16.4. The van der Waals surface area contributed by atoms with Gasteiger partial charge >= 0.3 is 6.18 Å². The number of amides is 1. The van der Waals surface area contributed by atoms with E-state index < -0.39 is 30.3 Å². The second kappa shape index (κ2) is 14.3. The first kappa shape index (κ1) is 31.7. The Morgan fingerprint density at radius 1 is 1.02 bits per heavy atom. The van der Waals surface area contributed by atoms with Gasteiger partial charge in [-0.15, -0.1) is 0 Å². The molecule has 228 valence electrons. The number of nitrogens with zero attached hydrogens (tertiary/aromatic N) is 7. The number of alkyl halides is 3. The van der Waals surface area contributed by atoms with Crippen LogP contribution in [0.3, 0.4) is 0 Å². The second-order valence-electron chi connectivity index (χ2n) is 9.46. The lowest BCUT2D eigenvalue weighted by Crippen LogP contribution is -2.55. The molecular formula is C28H26F3N9O4. The van der Waals surface area contributed by atoms with Crippen LogP contribution in [0.4, 0.5) is 24.5 Å². The maximum atomic E-state index is 14.0. The van der Waals surface area contributed by atoms with Crippen LogP contribution in [0, 0.1) is 0 Å². The number of hydrogen-bond acceptors (Lipinski definition) is 8. The lowest BCUT2D eigenvalue weighted by molar-refractivity contribution is -0.136. The average molecular weight is 610 g/mol. The molecular weight excluding hydrogens is 583 g/mol. The number of rotatable bonds is 13. The Labute approximate surface area is 248 Å². The van der Waals surface area contributed by atoms with Crippen molar-refractivity contribution < 1.29 is 32.5 Å². The molecule has 2 atom stereocenters. The Kier molecular flexibility index (Phi) is 10.3. The van der Waals surface area contributed by atoms with Gasteiger partial charge in [0.25, 0.3) is 5.91 Å². The van der Waals surface area contributed by atoms with E-state index in [4.69, 9.17) is 20.1 Å². The number of hydrogen-bond donors (Lipinski definition) is 3. The zero-order valence-corrected chi connectivity index (χ0v) is 23.0. The van der Waals surface area contributed by atoms with Crippen LogP contribution in [-0.4, -0.2) is 48.4 Å². The lowest BCUT2D eigenvalue weighted by atomic mass is 9.81. The number of hydrazine groups is 1. The van der Waals surface area contributed by atoms with Crippen molar-refractivity contribution in [3.05, 3.63) is 110 Å². The van der Waals surface area contributed by atoms with E-state index in [1.807, 2.05) is 5.43 Å². The van der Waals surface area contributed by atoms with Gasteiger partial charge in [0.05, 0.1) is 6.61 Å². The van der Waals surface area contributed by atoms with E-state index >= 15 is 0 Å². The number of nitrogens with one attached hydrogen (secondary N) is 2. The van der Waals surface area contributed by atoms with Crippen LogP contribution in [-0.2, 0) is 16.0 Å². The summed E-state index contributed by atoms with van der Waals surface area (Å²) >= 11 is 0. The molecule has 0 fully saturated rings. The summed E-state index contributed by atoms with van der Waals surface area (Å²) in [6.45, 7) is -1.28. The molecule has 0 radical (unpaired) electrons. The van der Waals surface area contributed by atoms with Gasteiger partial charge in [0.2, 0.25) is 5.90 Å². The first-order chi connectivity index (χ1) is 21.2. The summed E-state index contributed by atoms with van der Waals surface area (Å²) in [5.41, 5.74) is 21.6. The van der Waals surface area contributed by atoms with Gasteiger partial charge in [-0.25, -0.2) is 10.4 Å². The highest BCUT2D eigenvalue weighted by atomic mass is 19.4. The average Bonchev–Trinajstić information content (AvgIpc) is 3.39. The van der Waals surface area contributed by atoms with Crippen LogP contribution < -0.4 is 15.6 Å². The molecule has 16 heteroatoms. The summed E-state index contributed by atoms with van der Waals surface area (Å²) < 4.78 is 50.8. The number of benzene rings is 3. The first-order valence-corrected chi connectivity index (χ1v) is 13.2. The van der Waals surface area contributed by atoms with Gasteiger partial charge < -0.3 is 14.6 Å². The second-order valence-corrected chi connectivity index (χ2v) is 9.46. The molecule has 0 saturated carbocycles. The fourth-order valence-corrected chi connectivity index (χ4v) is 4.54. The summed E-state index contributed by atoms with van der Waals surface area (Å²) in [6, 6.07) is 19.1. The summed E-state index contributed by atoms with van der Waals surface area (Å²) in [5.74, 6) is -0.522. The molecule has 4 rings (SSSR count). The predicted molar refractivity (Wildman–Crippen MR) is 153 cm³/mol. The molecule has 0 unspecified atom stereocenters. The standard InChI is InChI=1S/C28H26F3N9O4/c29-28(30,31)17-34-38-26(42)27(16-19-6-1-3-8-22(19)36-39-32)24(21-7-2-4-9-23(21)37-40-33)44-25(35-27)18-10-12-20(13-11-18)43-15-5-14-41/h1-4,6-13,24,34,41H,5,14-17H2,(H,38,42)/t24-,27-/m0/s1. The Balaban J connectivity index is 1.87. The monoisotopic (exact) mass is 609 g/mol. The van der Waals surface area contributed by atoms with Crippen LogP contribution in [0.5, 0.6) is 5.75 Å². The third kappa shape index (κ3) is 7.56. The largest absolute Gasteiger partial charge is 0.494 e. The molecule has 0 aliphatic carbocycles. The third-order valence-electron chi connectivity index (χ3n) is 6.50. The van der Waals surface area contributed by atoms with Gasteiger partial charge in [-0.1, -0.05) is 58.8 Å². The third-order valence-corrected chi connectivity index (χ3v) is 6.50. The number of carbonyl (C=O) groups excluding carboxylic acids is 1. The minimum Gasteiger partial charge on any atom is -0.494 e. The van der Waals surface area contributed by atoms with E-state index in [9.17, 15) is 23.5 Å². The van der Waals surface area contributed by atoms with Crippen LogP contribution in [0.1, 0.15) is 29.2 Å². The summed E-state index contributed by atoms with van der Waals surface area (Å²) in [4.78, 5) is 24.4. The van der Waals surface area contributed by atoms with Gasteiger partial charge in [0.1, 0.15) is 12.3 Å². The SMILES string of the molecule is [N-]=[N+]=Nc1ccccc1C[C@]1(C(=O)NNCC(F)(F)F)N=C(c2ccc(OCCCO)cc2)O[C@H]1c1ccccc1N=[N+]=[N-]. The molecule has 1 heterocycles. The van der Waals surface area contributed by atoms with Crippen molar-refractivity contribution in [2.75, 3.05) is 19.8 Å². The topological polar surface area (TPSA) is 190 Å². The molecule has 3 aromatic carbocycles. The maximum absolute atomic E-state index is 14.0. The van der Waals surface area contributed by atoms with E-state index in [2.05, 4.69) is 30.5 Å². The number of carbonyl (C=O) groups is 1. The van der Waals surface area contributed by atoms with Gasteiger partial charge in [-0.05, 0) is 40.9 Å². The molecule has 1 aliphatic heterocycles. The molecule has 1 amide bonds. The number of aliphatic imine (C=N–C) groups is 1. The van der Waals surface area contributed by atoms with Crippen LogP contribution in [0.2, 0.25) is 0 Å². The number of aliphatic hydroxyl groups excluding tert-OH is 1. The molecule has 0 aromatic heterocycles. The molecule has 0 spiro atoms. The number of aliphatic hydroxyl groups is 1. The van der Waals surface area contributed by atoms with Crippen LogP contribution in [0.15, 0.2) is 88.0 Å². The first-order valence-electron chi connectivity index (χ1n) is 13.2. The van der Waals surface area contributed by atoms with Crippen molar-refractivity contribution in [1.82, 2.24) is 10.9 Å². The van der Waals surface area contributed by atoms with E-state index in [1.165, 1.54) is 12.1 Å². The van der Waals surface area contributed by atoms with Gasteiger partial charge in [0, 0.05) is 51.8 Å². The van der Waals surface area contributed by atoms with Crippen LogP contribution in [0.25, 0.3) is 20.9 Å². The smallest absolute Gasteiger partial charge is 0.402 e. The van der Waals surface area contributed by atoms with Crippen LogP contribution >= 0.6 is 0 Å². The summed E-state index contributed by atoms with van der Waals surface area (Å²) in [7, 11) is 0. The Hall–Kier alpha value is -5.27. The maximum Gasteiger partial charge on any atom is 0.402 e. The number of azide groups is 2. The number of ether oxygens (including phenoxy) is 2. The van der Waals surface area contributed by atoms with Gasteiger partial charge in [-0.3, -0.25) is 10.2 Å². The Morgan fingerprint density at radius 3 is 2.36 bits per heavy atom. The van der Waals surface area contributed by atoms with Crippen molar-refractivity contribution in [1.29, 1.82) is 0 Å². The van der Waals surface area contributed by atoms with Crippen molar-refractivity contribution >= 4 is 23.2 Å². The minimum atomic E-state index is -4.64. The minimum absolute atomic E-state index is 0.0279. The van der Waals surface area contributed by atoms with Gasteiger partial charge in [-0.2, -0.15) is 13.2 Å². The molecule has 0 saturated heterocycles. The zero-order chi connectivity index (χ0) is 31.6. The highest BCUT2D eigenvalue weighted by Gasteiger charge is 2.54. The highest BCUT2D eigenvalue weighted by Crippen LogP contribution is 2.46. The van der Waals surface area contributed by atoms with E-state index in [-0.39, 0.29) is 42.5 Å². The molecule has 1 aliphatic rings.